The van der Waals surface area contributed by atoms with E-state index in [-0.39, 0.29) is 6.10 Å². The minimum atomic E-state index is 0.0705. The highest BCUT2D eigenvalue weighted by Gasteiger charge is 2.18. The Morgan fingerprint density at radius 2 is 2.04 bits per heavy atom. The molecule has 1 amide bonds. The lowest BCUT2D eigenvalue weighted by molar-refractivity contribution is -0.106. The van der Waals surface area contributed by atoms with E-state index >= 15 is 0 Å². The number of nitrogens with one attached hydrogen (secondary N) is 1. The number of amidine groups is 1. The Bertz CT molecular complexity index is 819. The lowest BCUT2D eigenvalue weighted by Crippen LogP contribution is -2.32. The average Bonchev–Trinajstić information content (AvgIpc) is 2.68. The number of anilines is 1. The smallest absolute Gasteiger partial charge is 0.219 e. The number of ether oxygens (including phenoxy) is 1. The third kappa shape index (κ3) is 6.09. The molecule has 0 spiro atoms. The monoisotopic (exact) mass is 400 g/mol. The zero-order valence-electron chi connectivity index (χ0n) is 16.3. The molecule has 0 radical (unpaired) electrons. The van der Waals surface area contributed by atoms with Crippen molar-refractivity contribution in [3.63, 3.8) is 0 Å². The molecule has 6 nitrogen and oxygen atoms in total. The molecule has 1 heterocycles. The number of pyridine rings is 1. The van der Waals surface area contributed by atoms with Gasteiger partial charge in [-0.15, -0.1) is 0 Å². The van der Waals surface area contributed by atoms with Crippen LogP contribution in [0.1, 0.15) is 32.8 Å². The van der Waals surface area contributed by atoms with Gasteiger partial charge in [-0.25, -0.2) is 0 Å². The number of hydrazone groups is 1. The number of amides is 1. The predicted molar refractivity (Wildman–Crippen MR) is 114 cm³/mol. The topological polar surface area (TPSA) is 66.8 Å². The molecule has 0 saturated carbocycles. The summed E-state index contributed by atoms with van der Waals surface area (Å²) >= 11 is 6.30. The van der Waals surface area contributed by atoms with E-state index in [0.29, 0.717) is 35.1 Å². The highest BCUT2D eigenvalue weighted by atomic mass is 35.5. The zero-order chi connectivity index (χ0) is 20.4. The fraction of sp³-hybridized carbons (Fsp3) is 0.286. The molecule has 28 heavy (non-hydrogen) atoms. The number of benzene rings is 1. The van der Waals surface area contributed by atoms with Crippen LogP contribution >= 0.6 is 11.6 Å². The van der Waals surface area contributed by atoms with E-state index in [9.17, 15) is 4.79 Å². The minimum Gasteiger partial charge on any atom is -0.491 e. The number of carbonyl (C=O) groups is 1. The van der Waals surface area contributed by atoms with Crippen molar-refractivity contribution >= 4 is 29.5 Å². The number of hydrogen-bond acceptors (Lipinski definition) is 5. The fourth-order valence-corrected chi connectivity index (χ4v) is 2.62. The Labute approximate surface area is 170 Å². The zero-order valence-corrected chi connectivity index (χ0v) is 17.1. The van der Waals surface area contributed by atoms with Crippen LogP contribution in [-0.2, 0) is 4.79 Å². The van der Waals surface area contributed by atoms with Crippen LogP contribution in [0.2, 0.25) is 5.02 Å². The molecule has 0 aliphatic rings. The lowest BCUT2D eigenvalue weighted by atomic mass is 10.2. The van der Waals surface area contributed by atoms with Crippen LogP contribution in [0.25, 0.3) is 0 Å². The molecule has 0 fully saturated rings. The number of allylic oxidation sites excluding steroid dienone is 1. The van der Waals surface area contributed by atoms with Crippen molar-refractivity contribution in [3.05, 3.63) is 65.5 Å². The molecule has 2 rings (SSSR count). The number of hydrogen-bond donors (Lipinski definition) is 1. The van der Waals surface area contributed by atoms with Crippen molar-refractivity contribution < 1.29 is 9.53 Å². The maximum Gasteiger partial charge on any atom is 0.219 e. The van der Waals surface area contributed by atoms with Gasteiger partial charge in [0.25, 0.3) is 0 Å². The Hall–Kier alpha value is -2.86. The second kappa shape index (κ2) is 11.1. The van der Waals surface area contributed by atoms with E-state index in [1.807, 2.05) is 38.1 Å². The van der Waals surface area contributed by atoms with E-state index < -0.39 is 0 Å². The van der Waals surface area contributed by atoms with E-state index in [0.717, 1.165) is 12.2 Å². The fourth-order valence-electron chi connectivity index (χ4n) is 2.41. The average molecular weight is 401 g/mol. The largest absolute Gasteiger partial charge is 0.491 e. The number of rotatable bonds is 9. The van der Waals surface area contributed by atoms with Crippen LogP contribution in [0.4, 0.5) is 5.69 Å². The molecular weight excluding hydrogens is 376 g/mol. The van der Waals surface area contributed by atoms with Crippen LogP contribution in [0.5, 0.6) is 5.75 Å². The van der Waals surface area contributed by atoms with Crippen molar-refractivity contribution in [2.45, 2.75) is 33.3 Å². The standard InChI is InChI=1S/C21H25ClN4O2/c1-4-5-6-12-24-25-21(19-11-13-23-14-20(19)22)26(15-27)17-7-9-18(10-8-17)28-16(2)3/h5-11,13-16,24H,4,12H2,1-3H3/b6-5+,25-21-. The quantitative estimate of drug-likeness (QED) is 0.169. The maximum atomic E-state index is 11.9. The van der Waals surface area contributed by atoms with Gasteiger partial charge in [-0.05, 0) is 50.6 Å². The van der Waals surface area contributed by atoms with E-state index in [1.165, 1.54) is 11.1 Å². The van der Waals surface area contributed by atoms with E-state index in [1.54, 1.807) is 24.4 Å². The van der Waals surface area contributed by atoms with Crippen LogP contribution in [-0.4, -0.2) is 29.9 Å². The van der Waals surface area contributed by atoms with Crippen LogP contribution in [0, 0.1) is 0 Å². The third-order valence-electron chi connectivity index (χ3n) is 3.63. The van der Waals surface area contributed by atoms with Crippen LogP contribution in [0.3, 0.4) is 0 Å². The molecule has 0 aliphatic heterocycles. The first-order valence-electron chi connectivity index (χ1n) is 9.13. The molecule has 0 aliphatic carbocycles. The highest BCUT2D eigenvalue weighted by Crippen LogP contribution is 2.23. The summed E-state index contributed by atoms with van der Waals surface area (Å²) < 4.78 is 5.66. The molecule has 1 aromatic heterocycles. The Morgan fingerprint density at radius 1 is 1.29 bits per heavy atom. The van der Waals surface area contributed by atoms with Gasteiger partial charge in [0.1, 0.15) is 5.75 Å². The normalized spacial score (nSPS) is 11.7. The summed E-state index contributed by atoms with van der Waals surface area (Å²) in [5, 5.41) is 4.81. The third-order valence-corrected chi connectivity index (χ3v) is 3.93. The number of nitrogens with zero attached hydrogens (tertiary/aromatic N) is 3. The van der Waals surface area contributed by atoms with Crippen LogP contribution < -0.4 is 15.1 Å². The van der Waals surface area contributed by atoms with Gasteiger partial charge < -0.3 is 10.2 Å². The summed E-state index contributed by atoms with van der Waals surface area (Å²) in [5.74, 6) is 1.11. The molecule has 0 saturated heterocycles. The van der Waals surface area contributed by atoms with Crippen molar-refractivity contribution in [2.24, 2.45) is 5.10 Å². The first-order chi connectivity index (χ1) is 13.6. The summed E-state index contributed by atoms with van der Waals surface area (Å²) in [7, 11) is 0. The summed E-state index contributed by atoms with van der Waals surface area (Å²) in [6.45, 7) is 6.51. The van der Waals surface area contributed by atoms with Gasteiger partial charge in [0.2, 0.25) is 6.41 Å². The van der Waals surface area contributed by atoms with Gasteiger partial charge in [-0.2, -0.15) is 5.10 Å². The first kappa shape index (κ1) is 21.4. The van der Waals surface area contributed by atoms with Gasteiger partial charge in [-0.1, -0.05) is 30.7 Å². The molecule has 2 aromatic rings. The SMILES string of the molecule is CC/C=C/CN/N=C(/c1ccncc1Cl)N(C=O)c1ccc(OC(C)C)cc1. The second-order valence-corrected chi connectivity index (χ2v) is 6.58. The highest BCUT2D eigenvalue weighted by molar-refractivity contribution is 6.35. The van der Waals surface area contributed by atoms with Gasteiger partial charge in [-0.3, -0.25) is 14.7 Å². The number of halogens is 1. The maximum absolute atomic E-state index is 11.9. The van der Waals surface area contributed by atoms with E-state index in [4.69, 9.17) is 16.3 Å². The number of carbonyl (C=O) groups excluding carboxylic acids is 1. The summed E-state index contributed by atoms with van der Waals surface area (Å²) in [4.78, 5) is 17.4. The molecule has 1 N–H and O–H groups in total. The molecule has 0 atom stereocenters. The Kier molecular flexibility index (Phi) is 8.49. The van der Waals surface area contributed by atoms with Gasteiger partial charge >= 0.3 is 0 Å². The van der Waals surface area contributed by atoms with Gasteiger partial charge in [0, 0.05) is 18.0 Å². The minimum absolute atomic E-state index is 0.0705. The molecule has 0 unspecified atom stereocenters. The van der Waals surface area contributed by atoms with Crippen molar-refractivity contribution in [2.75, 3.05) is 11.4 Å². The molecule has 148 valence electrons. The summed E-state index contributed by atoms with van der Waals surface area (Å²) in [6, 6.07) is 8.95. The molecule has 7 heteroatoms. The summed E-state index contributed by atoms with van der Waals surface area (Å²) in [5.41, 5.74) is 4.20. The lowest BCUT2D eigenvalue weighted by Gasteiger charge is -2.21. The van der Waals surface area contributed by atoms with Crippen molar-refractivity contribution in [1.82, 2.24) is 10.4 Å². The van der Waals surface area contributed by atoms with Gasteiger partial charge in [0.15, 0.2) is 5.84 Å². The molecular formula is C21H25ClN4O2. The first-order valence-corrected chi connectivity index (χ1v) is 9.51. The molecule has 0 bridgehead atoms. The predicted octanol–water partition coefficient (Wildman–Crippen LogP) is 4.40. The van der Waals surface area contributed by atoms with Crippen molar-refractivity contribution in [3.8, 4) is 5.75 Å². The Balaban J connectivity index is 2.36. The second-order valence-electron chi connectivity index (χ2n) is 6.17. The van der Waals surface area contributed by atoms with Crippen molar-refractivity contribution in [1.29, 1.82) is 0 Å². The van der Waals surface area contributed by atoms with E-state index in [2.05, 4.69) is 22.4 Å². The van der Waals surface area contributed by atoms with Crippen LogP contribution in [0.15, 0.2) is 60.0 Å². The number of aromatic nitrogens is 1. The summed E-state index contributed by atoms with van der Waals surface area (Å²) in [6.07, 6.45) is 8.85. The van der Waals surface area contributed by atoms with Gasteiger partial charge in [0.05, 0.1) is 23.4 Å². The Morgan fingerprint density at radius 3 is 2.64 bits per heavy atom. The molecule has 1 aromatic carbocycles.